The fraction of sp³-hybridized carbons (Fsp3) is 0.862. The molecule has 2 amide bonds. The molecule has 0 spiro atoms. The van der Waals surface area contributed by atoms with Crippen LogP contribution in [0.5, 0.6) is 5.75 Å². The van der Waals surface area contributed by atoms with Crippen molar-refractivity contribution in [3.8, 4) is 5.75 Å². The molecular formula is C58H93N3O38. The first-order chi connectivity index (χ1) is 47.0. The molecule has 9 rings (SSSR count). The van der Waals surface area contributed by atoms with Crippen LogP contribution in [0, 0.1) is 5.41 Å². The highest BCUT2D eigenvalue weighted by Gasteiger charge is 2.59. The lowest BCUT2D eigenvalue weighted by Crippen LogP contribution is -2.68. The van der Waals surface area contributed by atoms with Gasteiger partial charge in [0.1, 0.15) is 183 Å². The molecule has 0 saturated carbocycles. The van der Waals surface area contributed by atoms with Gasteiger partial charge in [-0.1, -0.05) is 26.0 Å². The van der Waals surface area contributed by atoms with Gasteiger partial charge in [0.25, 0.3) is 0 Å². The Morgan fingerprint density at radius 1 is 0.424 bits per heavy atom. The van der Waals surface area contributed by atoms with Gasteiger partial charge in [-0.2, -0.15) is 0 Å². The smallest absolute Gasteiger partial charge is 0.243 e. The van der Waals surface area contributed by atoms with Crippen LogP contribution in [0.3, 0.4) is 0 Å². The van der Waals surface area contributed by atoms with E-state index in [0.29, 0.717) is 6.42 Å². The highest BCUT2D eigenvalue weighted by molar-refractivity contribution is 5.91. The Morgan fingerprint density at radius 2 is 0.677 bits per heavy atom. The van der Waals surface area contributed by atoms with Crippen LogP contribution in [0.25, 0.3) is 0 Å². The number of hydrogen-bond donors (Lipinski definition) is 24. The highest BCUT2D eigenvalue weighted by atomic mass is 16.8. The van der Waals surface area contributed by atoms with Crippen molar-refractivity contribution in [3.05, 3.63) is 29.8 Å². The molecule has 0 bridgehead atoms. The maximum Gasteiger partial charge on any atom is 0.243 e. The second-order valence-corrected chi connectivity index (χ2v) is 25.8. The first kappa shape index (κ1) is 79.6. The van der Waals surface area contributed by atoms with E-state index in [1.165, 1.54) is 19.2 Å². The molecule has 0 radical (unpaired) electrons. The molecule has 1 aromatic carbocycles. The monoisotopic (exact) mass is 1440 g/mol. The Kier molecular flexibility index (Phi) is 27.5. The predicted molar refractivity (Wildman–Crippen MR) is 312 cm³/mol. The largest absolute Gasteiger partial charge is 0.462 e. The minimum absolute atomic E-state index is 0.133. The van der Waals surface area contributed by atoms with E-state index >= 15 is 0 Å². The van der Waals surface area contributed by atoms with E-state index < -0.39 is 285 Å². The van der Waals surface area contributed by atoms with Gasteiger partial charge in [-0.3, -0.25) is 9.59 Å². The van der Waals surface area contributed by atoms with E-state index in [1.807, 2.05) is 13.8 Å². The average Bonchev–Trinajstić information content (AvgIpc) is 1.60. The van der Waals surface area contributed by atoms with Crippen LogP contribution in [-0.2, 0) is 82.3 Å². The maximum atomic E-state index is 12.8. The number of benzene rings is 1. The zero-order valence-corrected chi connectivity index (χ0v) is 53.4. The Bertz CT molecular complexity index is 2690. The van der Waals surface area contributed by atoms with Crippen LogP contribution in [0.1, 0.15) is 19.4 Å². The normalized spacial score (nSPS) is 47.3. The molecule has 37 atom stereocenters. The number of ether oxygens (including phenoxy) is 15. The van der Waals surface area contributed by atoms with Gasteiger partial charge in [0.2, 0.25) is 18.1 Å². The molecule has 37 unspecified atom stereocenters. The number of aliphatic hydroxyl groups excluding tert-OH is 21. The molecule has 8 aliphatic rings. The van der Waals surface area contributed by atoms with Crippen molar-refractivity contribution >= 4 is 11.8 Å². The third kappa shape index (κ3) is 16.6. The van der Waals surface area contributed by atoms with E-state index in [1.54, 1.807) is 12.1 Å². The summed E-state index contributed by atoms with van der Waals surface area (Å²) < 4.78 is 85.0. The van der Waals surface area contributed by atoms with E-state index in [-0.39, 0.29) is 18.2 Å². The van der Waals surface area contributed by atoms with Gasteiger partial charge in [0.05, 0.1) is 52.8 Å². The number of carbonyl (C=O) groups excluding carboxylic acids is 2. The fourth-order valence-corrected chi connectivity index (χ4v) is 13.2. The summed E-state index contributed by atoms with van der Waals surface area (Å²) in [5.74, 6) is -0.730. The summed E-state index contributed by atoms with van der Waals surface area (Å²) in [5.41, 5.74) is 5.45. The molecule has 568 valence electrons. The molecular weight excluding hydrogens is 1350 g/mol. The lowest BCUT2D eigenvalue weighted by atomic mass is 9.78. The predicted octanol–water partition coefficient (Wildman–Crippen LogP) is -15.0. The van der Waals surface area contributed by atoms with E-state index in [2.05, 4.69) is 10.6 Å². The van der Waals surface area contributed by atoms with E-state index in [0.717, 1.165) is 5.56 Å². The van der Waals surface area contributed by atoms with Crippen molar-refractivity contribution in [2.75, 3.05) is 59.9 Å². The van der Waals surface area contributed by atoms with Gasteiger partial charge >= 0.3 is 0 Å². The van der Waals surface area contributed by atoms with Gasteiger partial charge < -0.3 is 195 Å². The summed E-state index contributed by atoms with van der Waals surface area (Å²) in [6.45, 7) is -3.45. The fourth-order valence-electron chi connectivity index (χ4n) is 13.2. The zero-order chi connectivity index (χ0) is 72.4. The number of hydrogen-bond acceptors (Lipinski definition) is 39. The van der Waals surface area contributed by atoms with Gasteiger partial charge in [0, 0.05) is 18.6 Å². The van der Waals surface area contributed by atoms with Crippen molar-refractivity contribution in [3.63, 3.8) is 0 Å². The summed E-state index contributed by atoms with van der Waals surface area (Å²) >= 11 is 0. The maximum absolute atomic E-state index is 12.8. The molecule has 41 nitrogen and oxygen atoms in total. The Labute approximate surface area is 563 Å². The number of methoxy groups -OCH3 is 1. The van der Waals surface area contributed by atoms with Gasteiger partial charge in [-0.25, -0.2) is 0 Å². The second-order valence-electron chi connectivity index (χ2n) is 25.8. The van der Waals surface area contributed by atoms with Crippen LogP contribution in [0.2, 0.25) is 0 Å². The van der Waals surface area contributed by atoms with Crippen LogP contribution in [-0.4, -0.2) is 406 Å². The Morgan fingerprint density at radius 3 is 0.939 bits per heavy atom. The number of nitrogens with one attached hydrogen (secondary N) is 2. The number of aliphatic hydroxyl groups is 21. The summed E-state index contributed by atoms with van der Waals surface area (Å²) in [6, 6.07) is 5.14. The summed E-state index contributed by atoms with van der Waals surface area (Å²) in [4.78, 5) is 24.7. The molecule has 8 heterocycles. The molecule has 8 fully saturated rings. The van der Waals surface area contributed by atoms with Crippen molar-refractivity contribution in [1.82, 2.24) is 10.6 Å². The van der Waals surface area contributed by atoms with Gasteiger partial charge in [0.15, 0.2) is 37.7 Å². The third-order valence-corrected chi connectivity index (χ3v) is 19.1. The Balaban J connectivity index is 0.763. The second kappa shape index (κ2) is 34.2. The van der Waals surface area contributed by atoms with Crippen LogP contribution < -0.4 is 21.1 Å². The molecule has 41 heteroatoms. The standard InChI is InChI=1S/C58H93N3O38/c1-58(2)26(60-50(84)49(58)61-27(69)9-59)8-17-4-6-18(7-5-17)86-51-36(78)29(71)43(20(11-63)88-51)95-53-38(80)31(73)45(22(13-65)90-53)97-55-40(82)33(75)47(24(15-67)92-55)99-57-41(83)34(76)48(25(16-68)93-57)98-56-39(81)32(74)46(23(14-66)91-56)96-54-37(79)30(72)44(21(12-64)89-54)94-52-35(77)28(70)42(85-3)19(10-62)87-52/h4-7,19-26,28-49,51-57,62-68,70-83H,8-16,59H2,1-3H3,(H,60,84)(H,61,69). The lowest BCUT2D eigenvalue weighted by Gasteiger charge is -2.50. The lowest BCUT2D eigenvalue weighted by molar-refractivity contribution is -0.397. The first-order valence-electron chi connectivity index (χ1n) is 31.9. The van der Waals surface area contributed by atoms with Gasteiger partial charge in [-0.15, -0.1) is 0 Å². The molecule has 8 saturated heterocycles. The summed E-state index contributed by atoms with van der Waals surface area (Å²) in [5, 5.41) is 235. The topological polar surface area (TPSA) is 648 Å². The molecule has 99 heavy (non-hydrogen) atoms. The van der Waals surface area contributed by atoms with Crippen molar-refractivity contribution in [2.45, 2.75) is 247 Å². The molecule has 0 aliphatic carbocycles. The van der Waals surface area contributed by atoms with E-state index in [9.17, 15) is 117 Å². The number of carbonyl (C=O) groups is 2. The van der Waals surface area contributed by atoms with Crippen LogP contribution in [0.15, 0.2) is 24.3 Å². The number of nitrogens with two attached hydrogens (primary N) is 1. The van der Waals surface area contributed by atoms with Gasteiger partial charge in [-0.05, 0) is 24.1 Å². The van der Waals surface area contributed by atoms with Crippen molar-refractivity contribution in [1.29, 1.82) is 0 Å². The molecule has 0 aromatic heterocycles. The van der Waals surface area contributed by atoms with Crippen LogP contribution >= 0.6 is 0 Å². The highest BCUT2D eigenvalue weighted by Crippen LogP contribution is 2.40. The molecule has 1 aromatic rings. The summed E-state index contributed by atoms with van der Waals surface area (Å²) in [6.07, 6.45) is -66.0. The Hall–Kier alpha value is -3.48. The van der Waals surface area contributed by atoms with Crippen molar-refractivity contribution < 1.29 is 188 Å². The number of rotatable bonds is 26. The summed E-state index contributed by atoms with van der Waals surface area (Å²) in [7, 11) is 1.18. The van der Waals surface area contributed by atoms with Crippen molar-refractivity contribution in [2.24, 2.45) is 11.1 Å². The third-order valence-electron chi connectivity index (χ3n) is 19.1. The minimum Gasteiger partial charge on any atom is -0.462 e. The zero-order valence-electron chi connectivity index (χ0n) is 53.4. The number of amides is 2. The van der Waals surface area contributed by atoms with E-state index in [4.69, 9.17) is 76.8 Å². The molecule has 25 N–H and O–H groups in total. The first-order valence-corrected chi connectivity index (χ1v) is 31.9. The molecule has 8 aliphatic heterocycles. The quantitative estimate of drug-likeness (QED) is 0.0409. The SMILES string of the molecule is COC1C(CO)OC(OC2C(CO)OC(OC3C(CO)OC(OC4C(CO)OC(OC5C(CO)OC(OC6C(CO)OC(OC7C(CO)OC(Oc8ccc(CC9NC(=O)C(NC(=O)CN)C9(C)C)cc8)C(O)C7O)C(O)C6O)C(O)C5O)C(O)C4O)C(O)C3O)C(O)C2O)C(O)C1O. The average molecular weight is 1440 g/mol. The van der Waals surface area contributed by atoms with Crippen LogP contribution in [0.4, 0.5) is 0 Å². The minimum atomic E-state index is -2.25.